The van der Waals surface area contributed by atoms with Crippen LogP contribution in [0.15, 0.2) is 41.3 Å². The monoisotopic (exact) mass is 363 g/mol. The number of benzene rings is 2. The molecule has 4 nitrogen and oxygen atoms in total. The second-order valence-corrected chi connectivity index (χ2v) is 8.41. The minimum absolute atomic E-state index is 0.162. The number of hydrogen-bond donors (Lipinski definition) is 0. The molecule has 3 rings (SSSR count). The van der Waals surface area contributed by atoms with Crippen LogP contribution in [-0.4, -0.2) is 25.5 Å². The summed E-state index contributed by atoms with van der Waals surface area (Å²) in [6.45, 7) is 2.88. The summed E-state index contributed by atoms with van der Waals surface area (Å²) in [6.07, 6.45) is 1.81. The maximum absolute atomic E-state index is 13.0. The lowest BCUT2D eigenvalue weighted by atomic mass is 10.0. The fraction of sp³-hybridized carbons (Fsp3) is 0.278. The highest BCUT2D eigenvalue weighted by Crippen LogP contribution is 2.31. The average molecular weight is 364 g/mol. The summed E-state index contributed by atoms with van der Waals surface area (Å²) in [5.41, 5.74) is 3.29. The quantitative estimate of drug-likeness (QED) is 0.839. The minimum atomic E-state index is -3.36. The minimum Gasteiger partial charge on any atom is -0.330 e. The third-order valence-electron chi connectivity index (χ3n) is 4.33. The molecule has 1 amide bonds. The van der Waals surface area contributed by atoms with Gasteiger partial charge in [0.25, 0.3) is 5.91 Å². The first-order valence-electron chi connectivity index (χ1n) is 7.69. The van der Waals surface area contributed by atoms with Crippen LogP contribution in [0.3, 0.4) is 0 Å². The molecule has 0 radical (unpaired) electrons. The molecule has 0 saturated heterocycles. The van der Waals surface area contributed by atoms with E-state index in [9.17, 15) is 13.2 Å². The molecule has 2 aromatic carbocycles. The highest BCUT2D eigenvalue weighted by Gasteiger charge is 2.27. The first kappa shape index (κ1) is 17.0. The van der Waals surface area contributed by atoms with E-state index in [2.05, 4.69) is 0 Å². The molecule has 0 N–H and O–H groups in total. The first-order valence-corrected chi connectivity index (χ1v) is 9.96. The molecule has 0 spiro atoms. The van der Waals surface area contributed by atoms with E-state index in [-0.39, 0.29) is 10.8 Å². The average Bonchev–Trinajstić information content (AvgIpc) is 2.98. The van der Waals surface area contributed by atoms with Crippen molar-refractivity contribution in [3.63, 3.8) is 0 Å². The summed E-state index contributed by atoms with van der Waals surface area (Å²) in [5, 5.41) is 0.656. The van der Waals surface area contributed by atoms with Gasteiger partial charge in [-0.05, 0) is 41.3 Å². The Morgan fingerprint density at radius 2 is 1.96 bits per heavy atom. The van der Waals surface area contributed by atoms with Crippen LogP contribution in [0.25, 0.3) is 0 Å². The lowest BCUT2D eigenvalue weighted by Gasteiger charge is -2.18. The molecule has 0 aromatic heterocycles. The lowest BCUT2D eigenvalue weighted by Crippen LogP contribution is -2.26. The van der Waals surface area contributed by atoms with Gasteiger partial charge >= 0.3 is 0 Å². The largest absolute Gasteiger partial charge is 0.330 e. The van der Waals surface area contributed by atoms with Gasteiger partial charge in [0.05, 0.1) is 4.90 Å². The molecule has 126 valence electrons. The molecule has 1 aliphatic heterocycles. The third-order valence-corrected chi connectivity index (χ3v) is 5.80. The number of sulfone groups is 1. The van der Waals surface area contributed by atoms with Gasteiger partial charge in [0, 0.05) is 29.9 Å². The molecule has 0 unspecified atom stereocenters. The molecule has 6 heteroatoms. The predicted molar refractivity (Wildman–Crippen MR) is 94.0 cm³/mol. The fourth-order valence-electron chi connectivity index (χ4n) is 2.99. The van der Waals surface area contributed by atoms with Crippen LogP contribution >= 0.6 is 11.6 Å². The summed E-state index contributed by atoms with van der Waals surface area (Å²) < 4.78 is 23.6. The van der Waals surface area contributed by atoms with Gasteiger partial charge in [0.15, 0.2) is 9.84 Å². The number of carbonyl (C=O) groups excluding carboxylic acids is 1. The standard InChI is InChI=1S/C18H18ClNO3S/c1-3-12-7-8-14(24(2,22)23)9-15(12)18(21)20-10-13-5-4-6-17(19)16(13)11-20/h4-9H,3,10-11H2,1-2H3. The van der Waals surface area contributed by atoms with E-state index in [0.29, 0.717) is 30.1 Å². The van der Waals surface area contributed by atoms with Gasteiger partial charge in [-0.2, -0.15) is 0 Å². The zero-order valence-corrected chi connectivity index (χ0v) is 15.1. The van der Waals surface area contributed by atoms with Gasteiger partial charge < -0.3 is 4.90 Å². The van der Waals surface area contributed by atoms with Crippen LogP contribution in [-0.2, 0) is 29.3 Å². The fourth-order valence-corrected chi connectivity index (χ4v) is 3.89. The molecule has 0 atom stereocenters. The Balaban J connectivity index is 1.98. The second kappa shape index (κ2) is 6.22. The van der Waals surface area contributed by atoms with Crippen molar-refractivity contribution in [2.24, 2.45) is 0 Å². The van der Waals surface area contributed by atoms with Gasteiger partial charge in [0.1, 0.15) is 0 Å². The Morgan fingerprint density at radius 1 is 1.21 bits per heavy atom. The number of rotatable bonds is 3. The van der Waals surface area contributed by atoms with Crippen LogP contribution < -0.4 is 0 Å². The molecule has 0 fully saturated rings. The summed E-state index contributed by atoms with van der Waals surface area (Å²) in [4.78, 5) is 14.8. The Bertz CT molecular complexity index is 922. The van der Waals surface area contributed by atoms with Crippen molar-refractivity contribution >= 4 is 27.3 Å². The number of carbonyl (C=O) groups is 1. The number of halogens is 1. The summed E-state index contributed by atoms with van der Waals surface area (Å²) in [7, 11) is -3.36. The topological polar surface area (TPSA) is 54.5 Å². The van der Waals surface area contributed by atoms with Gasteiger partial charge in [-0.25, -0.2) is 8.42 Å². The van der Waals surface area contributed by atoms with Crippen LogP contribution in [0.4, 0.5) is 0 Å². The number of fused-ring (bicyclic) bond motifs is 1. The van der Waals surface area contributed by atoms with Crippen molar-refractivity contribution in [3.8, 4) is 0 Å². The molecule has 1 heterocycles. The SMILES string of the molecule is CCc1ccc(S(C)(=O)=O)cc1C(=O)N1Cc2cccc(Cl)c2C1. The Kier molecular flexibility index (Phi) is 4.40. The van der Waals surface area contributed by atoms with E-state index < -0.39 is 9.84 Å². The van der Waals surface area contributed by atoms with Crippen LogP contribution in [0.2, 0.25) is 5.02 Å². The van der Waals surface area contributed by atoms with E-state index in [1.165, 1.54) is 6.07 Å². The smallest absolute Gasteiger partial charge is 0.254 e. The zero-order valence-electron chi connectivity index (χ0n) is 13.5. The van der Waals surface area contributed by atoms with Crippen LogP contribution in [0, 0.1) is 0 Å². The second-order valence-electron chi connectivity index (χ2n) is 5.98. The molecular formula is C18H18ClNO3S. The van der Waals surface area contributed by atoms with E-state index in [1.54, 1.807) is 17.0 Å². The molecule has 2 aromatic rings. The third kappa shape index (κ3) is 3.06. The van der Waals surface area contributed by atoms with Crippen molar-refractivity contribution in [1.29, 1.82) is 0 Å². The van der Waals surface area contributed by atoms with Crippen molar-refractivity contribution < 1.29 is 13.2 Å². The van der Waals surface area contributed by atoms with Crippen molar-refractivity contribution in [2.45, 2.75) is 31.3 Å². The van der Waals surface area contributed by atoms with Crippen LogP contribution in [0.1, 0.15) is 34.0 Å². The maximum Gasteiger partial charge on any atom is 0.254 e. The molecule has 0 saturated carbocycles. The molecule has 24 heavy (non-hydrogen) atoms. The van der Waals surface area contributed by atoms with Crippen molar-refractivity contribution in [1.82, 2.24) is 4.90 Å². The molecule has 0 bridgehead atoms. The van der Waals surface area contributed by atoms with E-state index in [4.69, 9.17) is 11.6 Å². The van der Waals surface area contributed by atoms with Crippen molar-refractivity contribution in [2.75, 3.05) is 6.26 Å². The van der Waals surface area contributed by atoms with Crippen molar-refractivity contribution in [3.05, 3.63) is 63.7 Å². The van der Waals surface area contributed by atoms with Gasteiger partial charge in [0.2, 0.25) is 0 Å². The highest BCUT2D eigenvalue weighted by atomic mass is 35.5. The highest BCUT2D eigenvalue weighted by molar-refractivity contribution is 7.90. The Labute approximate surface area is 147 Å². The van der Waals surface area contributed by atoms with E-state index in [1.807, 2.05) is 25.1 Å². The van der Waals surface area contributed by atoms with E-state index >= 15 is 0 Å². The van der Waals surface area contributed by atoms with Gasteiger partial charge in [-0.15, -0.1) is 0 Å². The Morgan fingerprint density at radius 3 is 2.58 bits per heavy atom. The normalized spacial score (nSPS) is 13.9. The number of aryl methyl sites for hydroxylation is 1. The molecule has 0 aliphatic carbocycles. The first-order chi connectivity index (χ1) is 11.3. The van der Waals surface area contributed by atoms with Gasteiger partial charge in [-0.1, -0.05) is 36.7 Å². The summed E-state index contributed by atoms with van der Waals surface area (Å²) in [6, 6.07) is 10.4. The summed E-state index contributed by atoms with van der Waals surface area (Å²) >= 11 is 6.21. The zero-order chi connectivity index (χ0) is 17.5. The summed E-state index contributed by atoms with van der Waals surface area (Å²) in [5.74, 6) is -0.162. The number of nitrogens with zero attached hydrogens (tertiary/aromatic N) is 1. The Hall–Kier alpha value is -1.85. The number of hydrogen-bond acceptors (Lipinski definition) is 3. The van der Waals surface area contributed by atoms with E-state index in [0.717, 1.165) is 22.9 Å². The lowest BCUT2D eigenvalue weighted by molar-refractivity contribution is 0.0750. The van der Waals surface area contributed by atoms with Crippen LogP contribution in [0.5, 0.6) is 0 Å². The predicted octanol–water partition coefficient (Wildman–Crippen LogP) is 3.46. The molecule has 1 aliphatic rings. The molecular weight excluding hydrogens is 346 g/mol. The maximum atomic E-state index is 13.0. The number of amides is 1. The van der Waals surface area contributed by atoms with Gasteiger partial charge in [-0.3, -0.25) is 4.79 Å².